The number of nitrogens with zero attached hydrogens (tertiary/aromatic N) is 2. The molecule has 1 aliphatic heterocycles. The number of rotatable bonds is 8. The van der Waals surface area contributed by atoms with Gasteiger partial charge in [0.25, 0.3) is 5.91 Å². The molecule has 0 aliphatic carbocycles. The van der Waals surface area contributed by atoms with Crippen LogP contribution in [0.5, 0.6) is 11.5 Å². The Hall–Kier alpha value is -3.96. The van der Waals surface area contributed by atoms with Gasteiger partial charge in [-0.1, -0.05) is 12.1 Å². The number of ether oxygens (including phenoxy) is 2. The summed E-state index contributed by atoms with van der Waals surface area (Å²) in [4.78, 5) is 28.5. The summed E-state index contributed by atoms with van der Waals surface area (Å²) in [5.41, 5.74) is 1.47. The minimum atomic E-state index is -3.92. The number of sulfonamides is 1. The Morgan fingerprint density at radius 1 is 1.14 bits per heavy atom. The van der Waals surface area contributed by atoms with Crippen molar-refractivity contribution in [2.45, 2.75) is 11.5 Å². The van der Waals surface area contributed by atoms with Gasteiger partial charge in [0.1, 0.15) is 6.61 Å². The SMILES string of the molecule is COc1ccc(NC(=O)c2cccc(S(=O)(=O)N3CCNC(=O)C3)c2)cc1OCc1cccnc1. The van der Waals surface area contributed by atoms with Gasteiger partial charge < -0.3 is 20.1 Å². The van der Waals surface area contributed by atoms with Gasteiger partial charge in [0.15, 0.2) is 11.5 Å². The van der Waals surface area contributed by atoms with E-state index in [4.69, 9.17) is 9.47 Å². The second-order valence-electron chi connectivity index (χ2n) is 7.69. The Kier molecular flexibility index (Phi) is 7.28. The van der Waals surface area contributed by atoms with Crippen LogP contribution in [0.15, 0.2) is 71.9 Å². The van der Waals surface area contributed by atoms with Crippen LogP contribution in [-0.2, 0) is 21.4 Å². The fourth-order valence-corrected chi connectivity index (χ4v) is 4.93. The molecular formula is C24H24N4O6S. The van der Waals surface area contributed by atoms with E-state index >= 15 is 0 Å². The van der Waals surface area contributed by atoms with Gasteiger partial charge >= 0.3 is 0 Å². The van der Waals surface area contributed by atoms with E-state index in [2.05, 4.69) is 15.6 Å². The van der Waals surface area contributed by atoms with Crippen LogP contribution in [0.1, 0.15) is 15.9 Å². The quantitative estimate of drug-likeness (QED) is 0.489. The molecule has 2 heterocycles. The molecule has 0 radical (unpaired) electrons. The highest BCUT2D eigenvalue weighted by Crippen LogP contribution is 2.31. The highest BCUT2D eigenvalue weighted by Gasteiger charge is 2.29. The summed E-state index contributed by atoms with van der Waals surface area (Å²) < 4.78 is 38.2. The van der Waals surface area contributed by atoms with Crippen LogP contribution in [0.3, 0.4) is 0 Å². The van der Waals surface area contributed by atoms with E-state index in [9.17, 15) is 18.0 Å². The van der Waals surface area contributed by atoms with Gasteiger partial charge in [0.05, 0.1) is 18.6 Å². The standard InChI is InChI=1S/C24H24N4O6S/c1-33-21-8-7-19(13-22(21)34-16-17-4-3-9-25-14-17)27-24(30)18-5-2-6-20(12-18)35(31,32)28-11-10-26-23(29)15-28/h2-9,12-14H,10-11,15-16H2,1H3,(H,26,29)(H,27,30). The molecule has 0 saturated carbocycles. The lowest BCUT2D eigenvalue weighted by Gasteiger charge is -2.26. The van der Waals surface area contributed by atoms with Crippen LogP contribution in [0, 0.1) is 0 Å². The van der Waals surface area contributed by atoms with Crippen LogP contribution >= 0.6 is 0 Å². The van der Waals surface area contributed by atoms with Gasteiger partial charge in [0, 0.05) is 48.4 Å². The molecule has 2 N–H and O–H groups in total. The van der Waals surface area contributed by atoms with Crippen molar-refractivity contribution in [2.24, 2.45) is 0 Å². The first-order valence-corrected chi connectivity index (χ1v) is 12.2. The van der Waals surface area contributed by atoms with Crippen molar-refractivity contribution < 1.29 is 27.5 Å². The number of hydrogen-bond donors (Lipinski definition) is 2. The zero-order valence-corrected chi connectivity index (χ0v) is 19.7. The lowest BCUT2D eigenvalue weighted by molar-refractivity contribution is -0.122. The molecule has 2 aromatic carbocycles. The highest BCUT2D eigenvalue weighted by atomic mass is 32.2. The van der Waals surface area contributed by atoms with E-state index in [0.717, 1.165) is 9.87 Å². The number of benzene rings is 2. The predicted octanol–water partition coefficient (Wildman–Crippen LogP) is 2.04. The number of aromatic nitrogens is 1. The monoisotopic (exact) mass is 496 g/mol. The normalized spacial score (nSPS) is 14.1. The fourth-order valence-electron chi connectivity index (χ4n) is 3.48. The Morgan fingerprint density at radius 2 is 2.00 bits per heavy atom. The maximum Gasteiger partial charge on any atom is 0.255 e. The lowest BCUT2D eigenvalue weighted by Crippen LogP contribution is -2.49. The molecule has 0 atom stereocenters. The van der Waals surface area contributed by atoms with Gasteiger partial charge in [-0.05, 0) is 36.4 Å². The van der Waals surface area contributed by atoms with Gasteiger partial charge in [-0.3, -0.25) is 14.6 Å². The fraction of sp³-hybridized carbons (Fsp3) is 0.208. The third kappa shape index (κ3) is 5.76. The number of amides is 2. The number of carbonyl (C=O) groups excluding carboxylic acids is 2. The van der Waals surface area contributed by atoms with Crippen molar-refractivity contribution in [1.29, 1.82) is 0 Å². The zero-order valence-electron chi connectivity index (χ0n) is 18.9. The largest absolute Gasteiger partial charge is 0.493 e. The maximum absolute atomic E-state index is 12.9. The molecule has 11 heteroatoms. The topological polar surface area (TPSA) is 127 Å². The molecule has 1 aromatic heterocycles. The predicted molar refractivity (Wildman–Crippen MR) is 128 cm³/mol. The molecule has 0 spiro atoms. The smallest absolute Gasteiger partial charge is 0.255 e. The van der Waals surface area contributed by atoms with Gasteiger partial charge in [0.2, 0.25) is 15.9 Å². The van der Waals surface area contributed by atoms with Crippen molar-refractivity contribution in [3.8, 4) is 11.5 Å². The van der Waals surface area contributed by atoms with E-state index < -0.39 is 15.9 Å². The third-order valence-corrected chi connectivity index (χ3v) is 7.12. The van der Waals surface area contributed by atoms with Gasteiger partial charge in [-0.15, -0.1) is 0 Å². The number of carbonyl (C=O) groups is 2. The first-order valence-electron chi connectivity index (χ1n) is 10.7. The van der Waals surface area contributed by atoms with Crippen LogP contribution in [0.4, 0.5) is 5.69 Å². The minimum Gasteiger partial charge on any atom is -0.493 e. The molecule has 1 fully saturated rings. The van der Waals surface area contributed by atoms with Crippen molar-refractivity contribution in [1.82, 2.24) is 14.6 Å². The minimum absolute atomic E-state index is 0.0601. The second kappa shape index (κ2) is 10.5. The van der Waals surface area contributed by atoms with Crippen molar-refractivity contribution in [3.05, 3.63) is 78.1 Å². The van der Waals surface area contributed by atoms with Crippen LogP contribution < -0.4 is 20.1 Å². The number of pyridine rings is 1. The number of piperazine rings is 1. The number of anilines is 1. The van der Waals surface area contributed by atoms with E-state index in [-0.39, 0.29) is 42.6 Å². The van der Waals surface area contributed by atoms with Crippen molar-refractivity contribution in [2.75, 3.05) is 32.1 Å². The van der Waals surface area contributed by atoms with E-state index in [1.54, 1.807) is 36.7 Å². The Bertz CT molecular complexity index is 1330. The van der Waals surface area contributed by atoms with Gasteiger partial charge in [-0.2, -0.15) is 4.31 Å². The van der Waals surface area contributed by atoms with E-state index in [0.29, 0.717) is 17.2 Å². The molecule has 0 unspecified atom stereocenters. The average Bonchev–Trinajstić information content (AvgIpc) is 2.88. The number of nitrogens with one attached hydrogen (secondary N) is 2. The van der Waals surface area contributed by atoms with E-state index in [1.165, 1.54) is 31.4 Å². The maximum atomic E-state index is 12.9. The first kappa shape index (κ1) is 24.2. The molecule has 4 rings (SSSR count). The van der Waals surface area contributed by atoms with Crippen LogP contribution in [-0.4, -0.2) is 56.3 Å². The molecule has 2 amide bonds. The van der Waals surface area contributed by atoms with Crippen molar-refractivity contribution >= 4 is 27.5 Å². The van der Waals surface area contributed by atoms with Gasteiger partial charge in [-0.25, -0.2) is 8.42 Å². The van der Waals surface area contributed by atoms with Crippen LogP contribution in [0.25, 0.3) is 0 Å². The Labute approximate surface area is 202 Å². The van der Waals surface area contributed by atoms with Crippen LogP contribution in [0.2, 0.25) is 0 Å². The zero-order chi connectivity index (χ0) is 24.8. The number of methoxy groups -OCH3 is 1. The first-order chi connectivity index (χ1) is 16.9. The second-order valence-corrected chi connectivity index (χ2v) is 9.62. The molecule has 1 aliphatic rings. The third-order valence-electron chi connectivity index (χ3n) is 5.28. The van der Waals surface area contributed by atoms with E-state index in [1.807, 2.05) is 6.07 Å². The lowest BCUT2D eigenvalue weighted by atomic mass is 10.2. The molecular weight excluding hydrogens is 472 g/mol. The summed E-state index contributed by atoms with van der Waals surface area (Å²) in [5.74, 6) is 0.0518. The summed E-state index contributed by atoms with van der Waals surface area (Å²) in [7, 11) is -2.41. The molecule has 182 valence electrons. The Morgan fingerprint density at radius 3 is 2.74 bits per heavy atom. The summed E-state index contributed by atoms with van der Waals surface area (Å²) in [6.07, 6.45) is 3.36. The molecule has 10 nitrogen and oxygen atoms in total. The number of hydrogen-bond acceptors (Lipinski definition) is 7. The highest BCUT2D eigenvalue weighted by molar-refractivity contribution is 7.89. The molecule has 3 aromatic rings. The summed E-state index contributed by atoms with van der Waals surface area (Å²) >= 11 is 0. The molecule has 1 saturated heterocycles. The summed E-state index contributed by atoms with van der Waals surface area (Å²) in [6.45, 7) is 0.404. The summed E-state index contributed by atoms with van der Waals surface area (Å²) in [5, 5.41) is 5.35. The Balaban J connectivity index is 1.50. The summed E-state index contributed by atoms with van der Waals surface area (Å²) in [6, 6.07) is 14.3. The average molecular weight is 497 g/mol. The molecule has 0 bridgehead atoms. The molecule has 35 heavy (non-hydrogen) atoms. The van der Waals surface area contributed by atoms with Crippen molar-refractivity contribution in [3.63, 3.8) is 0 Å².